The molecule has 35 heavy (non-hydrogen) atoms. The van der Waals surface area contributed by atoms with Crippen molar-refractivity contribution in [1.29, 1.82) is 0 Å². The lowest BCUT2D eigenvalue weighted by Crippen LogP contribution is -2.24. The van der Waals surface area contributed by atoms with Gasteiger partial charge in [-0.2, -0.15) is 4.98 Å². The first-order valence-electron chi connectivity index (χ1n) is 10.9. The fourth-order valence-corrected chi connectivity index (χ4v) is 4.49. The highest BCUT2D eigenvalue weighted by Gasteiger charge is 2.21. The fraction of sp³-hybridized carbons (Fsp3) is 0.320. The largest absolute Gasteiger partial charge is 0.470 e. The number of thiazole rings is 1. The summed E-state index contributed by atoms with van der Waals surface area (Å²) in [5, 5.41) is 3.07. The van der Waals surface area contributed by atoms with E-state index >= 15 is 0 Å². The Bertz CT molecular complexity index is 1470. The molecule has 1 aromatic carbocycles. The Morgan fingerprint density at radius 3 is 2.49 bits per heavy atom. The van der Waals surface area contributed by atoms with Crippen LogP contribution < -0.4 is 10.3 Å². The van der Waals surface area contributed by atoms with Gasteiger partial charge in [0.25, 0.3) is 5.56 Å². The number of benzene rings is 1. The summed E-state index contributed by atoms with van der Waals surface area (Å²) in [6, 6.07) is 5.42. The molecule has 0 aliphatic rings. The van der Waals surface area contributed by atoms with Crippen molar-refractivity contribution < 1.29 is 4.74 Å². The van der Waals surface area contributed by atoms with Crippen LogP contribution in [0.1, 0.15) is 48.7 Å². The van der Waals surface area contributed by atoms with E-state index in [1.54, 1.807) is 13.0 Å². The number of hydrogen-bond acceptors (Lipinski definition) is 7. The van der Waals surface area contributed by atoms with Gasteiger partial charge in [0.05, 0.1) is 27.1 Å². The van der Waals surface area contributed by atoms with Gasteiger partial charge in [-0.3, -0.25) is 9.36 Å². The predicted molar refractivity (Wildman–Crippen MR) is 140 cm³/mol. The molecule has 4 aromatic rings. The quantitative estimate of drug-likeness (QED) is 0.303. The van der Waals surface area contributed by atoms with Crippen molar-refractivity contribution in [1.82, 2.24) is 24.5 Å². The van der Waals surface area contributed by atoms with Crippen LogP contribution in [0.15, 0.2) is 34.6 Å². The molecule has 0 saturated heterocycles. The Balaban J connectivity index is 1.76. The molecule has 0 radical (unpaired) electrons. The van der Waals surface area contributed by atoms with Gasteiger partial charge in [-0.15, -0.1) is 11.3 Å². The van der Waals surface area contributed by atoms with Gasteiger partial charge in [0.2, 0.25) is 5.88 Å². The predicted octanol–water partition coefficient (Wildman–Crippen LogP) is 6.25. The van der Waals surface area contributed by atoms with E-state index in [1.807, 2.05) is 37.6 Å². The minimum atomic E-state index is -0.475. The Labute approximate surface area is 217 Å². The Kier molecular flexibility index (Phi) is 6.99. The van der Waals surface area contributed by atoms with Crippen LogP contribution in [0.3, 0.4) is 0 Å². The molecule has 0 aliphatic carbocycles. The SMILES string of the molecule is Cc1nc(COc2nc(C)n(-c3cc(-c4nc(C(C)(C)C)ncc4C)ccc3Cl)c(=O)c2Cl)cs1. The minimum Gasteiger partial charge on any atom is -0.470 e. The van der Waals surface area contributed by atoms with Gasteiger partial charge in [0.15, 0.2) is 5.02 Å². The molecule has 3 heterocycles. The maximum absolute atomic E-state index is 13.3. The molecule has 0 atom stereocenters. The summed E-state index contributed by atoms with van der Waals surface area (Å²) in [4.78, 5) is 31.4. The average molecular weight is 530 g/mol. The van der Waals surface area contributed by atoms with Crippen molar-refractivity contribution in [2.45, 2.75) is 53.6 Å². The number of nitrogens with zero attached hydrogens (tertiary/aromatic N) is 5. The van der Waals surface area contributed by atoms with Crippen molar-refractivity contribution in [2.75, 3.05) is 0 Å². The molecular formula is C25H25Cl2N5O2S. The standard InChI is InChI=1S/C25H25Cl2N5O2S/c1-13-10-28-24(25(4,5)6)31-21(13)16-7-8-18(26)19(9-16)32-14(2)29-22(20(27)23(32)33)34-11-17-12-35-15(3)30-17/h7-10,12H,11H2,1-6H3. The molecule has 0 aliphatic heterocycles. The van der Waals surface area contributed by atoms with Gasteiger partial charge in [0.1, 0.15) is 18.3 Å². The lowest BCUT2D eigenvalue weighted by molar-refractivity contribution is 0.287. The van der Waals surface area contributed by atoms with Gasteiger partial charge in [0, 0.05) is 22.6 Å². The number of rotatable bonds is 5. The van der Waals surface area contributed by atoms with Crippen molar-refractivity contribution in [2.24, 2.45) is 0 Å². The van der Waals surface area contributed by atoms with E-state index in [1.165, 1.54) is 15.9 Å². The molecule has 7 nitrogen and oxygen atoms in total. The van der Waals surface area contributed by atoms with E-state index in [2.05, 4.69) is 35.7 Å². The van der Waals surface area contributed by atoms with Gasteiger partial charge in [-0.25, -0.2) is 15.0 Å². The zero-order chi connectivity index (χ0) is 25.5. The first-order chi connectivity index (χ1) is 16.5. The Morgan fingerprint density at radius 2 is 1.83 bits per heavy atom. The molecule has 0 spiro atoms. The monoisotopic (exact) mass is 529 g/mol. The molecule has 0 N–H and O–H groups in total. The Morgan fingerprint density at radius 1 is 1.09 bits per heavy atom. The third-order valence-electron chi connectivity index (χ3n) is 5.29. The highest BCUT2D eigenvalue weighted by Crippen LogP contribution is 2.31. The van der Waals surface area contributed by atoms with Crippen molar-refractivity contribution in [3.8, 4) is 22.8 Å². The van der Waals surface area contributed by atoms with E-state index in [-0.39, 0.29) is 22.9 Å². The Hall–Kier alpha value is -2.81. The molecule has 4 rings (SSSR count). The highest BCUT2D eigenvalue weighted by molar-refractivity contribution is 7.09. The van der Waals surface area contributed by atoms with E-state index in [4.69, 9.17) is 32.9 Å². The summed E-state index contributed by atoms with van der Waals surface area (Å²) in [5.74, 6) is 1.17. The summed E-state index contributed by atoms with van der Waals surface area (Å²) < 4.78 is 7.09. The lowest BCUT2D eigenvalue weighted by Gasteiger charge is -2.19. The zero-order valence-corrected chi connectivity index (χ0v) is 22.6. The molecule has 182 valence electrons. The van der Waals surface area contributed by atoms with Crippen LogP contribution >= 0.6 is 34.5 Å². The number of halogens is 2. The van der Waals surface area contributed by atoms with Gasteiger partial charge < -0.3 is 4.74 Å². The van der Waals surface area contributed by atoms with E-state index < -0.39 is 5.56 Å². The van der Waals surface area contributed by atoms with E-state index in [0.717, 1.165) is 33.3 Å². The molecule has 0 bridgehead atoms. The average Bonchev–Trinajstić information content (AvgIpc) is 3.21. The fourth-order valence-electron chi connectivity index (χ4n) is 3.51. The molecule has 0 unspecified atom stereocenters. The summed E-state index contributed by atoms with van der Waals surface area (Å²) in [6.07, 6.45) is 1.81. The van der Waals surface area contributed by atoms with Crippen LogP contribution in [0.25, 0.3) is 16.9 Å². The highest BCUT2D eigenvalue weighted by atomic mass is 35.5. The van der Waals surface area contributed by atoms with Crippen LogP contribution in [-0.2, 0) is 12.0 Å². The topological polar surface area (TPSA) is 82.8 Å². The second kappa shape index (κ2) is 9.68. The van der Waals surface area contributed by atoms with Crippen molar-refractivity contribution >= 4 is 34.5 Å². The zero-order valence-electron chi connectivity index (χ0n) is 20.3. The normalized spacial score (nSPS) is 11.7. The number of hydrogen-bond donors (Lipinski definition) is 0. The van der Waals surface area contributed by atoms with Gasteiger partial charge in [-0.05, 0) is 38.5 Å². The second-order valence-corrected chi connectivity index (χ2v) is 11.1. The second-order valence-electron chi connectivity index (χ2n) is 9.21. The van der Waals surface area contributed by atoms with Crippen LogP contribution in [0.4, 0.5) is 0 Å². The van der Waals surface area contributed by atoms with Crippen LogP contribution in [0.5, 0.6) is 5.88 Å². The smallest absolute Gasteiger partial charge is 0.280 e. The summed E-state index contributed by atoms with van der Waals surface area (Å²) in [7, 11) is 0. The minimum absolute atomic E-state index is 0.0600. The number of aryl methyl sites for hydroxylation is 3. The summed E-state index contributed by atoms with van der Waals surface area (Å²) in [5.41, 5.74) is 3.00. The van der Waals surface area contributed by atoms with Gasteiger partial charge >= 0.3 is 0 Å². The van der Waals surface area contributed by atoms with Crippen LogP contribution in [0.2, 0.25) is 10.0 Å². The van der Waals surface area contributed by atoms with Crippen LogP contribution in [-0.4, -0.2) is 24.5 Å². The van der Waals surface area contributed by atoms with Crippen LogP contribution in [0, 0.1) is 20.8 Å². The molecular weight excluding hydrogens is 505 g/mol. The van der Waals surface area contributed by atoms with Crippen molar-refractivity contribution in [3.63, 3.8) is 0 Å². The number of ether oxygens (including phenoxy) is 1. The lowest BCUT2D eigenvalue weighted by atomic mass is 9.95. The first kappa shape index (κ1) is 25.3. The third kappa shape index (κ3) is 5.24. The van der Waals surface area contributed by atoms with E-state index in [9.17, 15) is 4.79 Å². The maximum atomic E-state index is 13.3. The van der Waals surface area contributed by atoms with E-state index in [0.29, 0.717) is 16.5 Å². The molecule has 0 amide bonds. The van der Waals surface area contributed by atoms with Crippen molar-refractivity contribution in [3.05, 3.63) is 78.1 Å². The number of aromatic nitrogens is 5. The molecule has 0 saturated carbocycles. The first-order valence-corrected chi connectivity index (χ1v) is 12.6. The third-order valence-corrected chi connectivity index (χ3v) is 6.76. The molecule has 0 fully saturated rings. The summed E-state index contributed by atoms with van der Waals surface area (Å²) in [6.45, 7) is 11.9. The van der Waals surface area contributed by atoms with Gasteiger partial charge in [-0.1, -0.05) is 50.0 Å². The molecule has 10 heteroatoms. The molecule has 3 aromatic heterocycles. The summed E-state index contributed by atoms with van der Waals surface area (Å²) >= 11 is 14.5. The maximum Gasteiger partial charge on any atom is 0.280 e.